The maximum absolute atomic E-state index is 11.4. The fraction of sp³-hybridized carbons (Fsp3) is 0.385. The number of benzene rings is 1. The molecule has 0 bridgehead atoms. The average Bonchev–Trinajstić information content (AvgIpc) is 2.42. The number of hydrogen-bond donors (Lipinski definition) is 2. The van der Waals surface area contributed by atoms with Gasteiger partial charge in [-0.2, -0.15) is 5.26 Å². The summed E-state index contributed by atoms with van der Waals surface area (Å²) in [5.41, 5.74) is 6.61. The lowest BCUT2D eigenvalue weighted by atomic mass is 10.1. The predicted octanol–water partition coefficient (Wildman–Crippen LogP) is 0.733. The summed E-state index contributed by atoms with van der Waals surface area (Å²) < 4.78 is 10.5. The molecule has 0 saturated heterocycles. The number of ether oxygens (including phenoxy) is 2. The minimum Gasteiger partial charge on any atom is -0.497 e. The van der Waals surface area contributed by atoms with Crippen LogP contribution in [0.2, 0.25) is 0 Å². The van der Waals surface area contributed by atoms with Crippen molar-refractivity contribution in [2.75, 3.05) is 20.3 Å². The second kappa shape index (κ2) is 7.24. The number of nitrogens with two attached hydrogens (primary N) is 1. The third-order valence-corrected chi connectivity index (χ3v) is 2.43. The molecule has 0 heterocycles. The molecule has 102 valence electrons. The third-order valence-electron chi connectivity index (χ3n) is 2.43. The topological polar surface area (TPSA) is 97.4 Å². The van der Waals surface area contributed by atoms with Crippen LogP contribution in [0.4, 0.5) is 0 Å². The highest BCUT2D eigenvalue weighted by atomic mass is 16.5. The van der Waals surface area contributed by atoms with E-state index in [1.165, 1.54) is 0 Å². The van der Waals surface area contributed by atoms with Crippen molar-refractivity contribution in [3.8, 4) is 17.6 Å². The van der Waals surface area contributed by atoms with Crippen LogP contribution in [0.1, 0.15) is 18.5 Å². The van der Waals surface area contributed by atoms with Crippen LogP contribution >= 0.6 is 0 Å². The molecule has 1 aromatic rings. The molecule has 0 spiro atoms. The molecule has 1 aromatic carbocycles. The van der Waals surface area contributed by atoms with Crippen molar-refractivity contribution >= 4 is 5.91 Å². The molecule has 6 heteroatoms. The van der Waals surface area contributed by atoms with Crippen molar-refractivity contribution in [2.45, 2.75) is 13.0 Å². The Bertz CT molecular complexity index is 481. The SMILES string of the molecule is COc1ccc([C@@H](C)N)c(OCC(=O)NCC#N)c1. The summed E-state index contributed by atoms with van der Waals surface area (Å²) in [6, 6.07) is 6.85. The first kappa shape index (κ1) is 14.8. The Morgan fingerprint density at radius 3 is 2.89 bits per heavy atom. The lowest BCUT2D eigenvalue weighted by Crippen LogP contribution is -2.29. The summed E-state index contributed by atoms with van der Waals surface area (Å²) in [6.07, 6.45) is 0. The molecule has 0 fully saturated rings. The quantitative estimate of drug-likeness (QED) is 0.737. The van der Waals surface area contributed by atoms with Crippen LogP contribution in [0, 0.1) is 11.3 Å². The summed E-state index contributed by atoms with van der Waals surface area (Å²) in [5, 5.41) is 10.7. The number of amides is 1. The number of carbonyl (C=O) groups is 1. The van der Waals surface area contributed by atoms with Gasteiger partial charge >= 0.3 is 0 Å². The fourth-order valence-corrected chi connectivity index (χ4v) is 1.48. The van der Waals surface area contributed by atoms with Crippen LogP contribution in [-0.4, -0.2) is 26.2 Å². The second-order valence-corrected chi connectivity index (χ2v) is 3.92. The Morgan fingerprint density at radius 2 is 2.32 bits per heavy atom. The van der Waals surface area contributed by atoms with Crippen LogP contribution in [0.25, 0.3) is 0 Å². The molecule has 0 unspecified atom stereocenters. The highest BCUT2D eigenvalue weighted by molar-refractivity contribution is 5.77. The minimum absolute atomic E-state index is 0.0412. The monoisotopic (exact) mass is 263 g/mol. The van der Waals surface area contributed by atoms with Gasteiger partial charge in [0.2, 0.25) is 0 Å². The van der Waals surface area contributed by atoms with Gasteiger partial charge in [0.05, 0.1) is 13.2 Å². The first-order chi connectivity index (χ1) is 9.08. The number of methoxy groups -OCH3 is 1. The first-order valence-electron chi connectivity index (χ1n) is 5.78. The van der Waals surface area contributed by atoms with E-state index in [4.69, 9.17) is 20.5 Å². The van der Waals surface area contributed by atoms with Crippen molar-refractivity contribution in [1.29, 1.82) is 5.26 Å². The first-order valence-corrected chi connectivity index (χ1v) is 5.78. The van der Waals surface area contributed by atoms with Gasteiger partial charge in [0.25, 0.3) is 5.91 Å². The molecular weight excluding hydrogens is 246 g/mol. The van der Waals surface area contributed by atoms with Gasteiger partial charge in [-0.15, -0.1) is 0 Å². The summed E-state index contributed by atoms with van der Waals surface area (Å²) in [6.45, 7) is 1.61. The maximum atomic E-state index is 11.4. The van der Waals surface area contributed by atoms with Gasteiger partial charge < -0.3 is 20.5 Å². The normalized spacial score (nSPS) is 11.3. The number of rotatable bonds is 6. The van der Waals surface area contributed by atoms with E-state index in [-0.39, 0.29) is 25.1 Å². The Kier molecular flexibility index (Phi) is 5.64. The van der Waals surface area contributed by atoms with Gasteiger partial charge in [0, 0.05) is 17.7 Å². The summed E-state index contributed by atoms with van der Waals surface area (Å²) in [5.74, 6) is 0.762. The molecule has 0 aliphatic heterocycles. The van der Waals surface area contributed by atoms with Gasteiger partial charge in [0.15, 0.2) is 6.61 Å². The van der Waals surface area contributed by atoms with Gasteiger partial charge in [-0.3, -0.25) is 4.79 Å². The van der Waals surface area contributed by atoms with Gasteiger partial charge in [-0.25, -0.2) is 0 Å². The largest absolute Gasteiger partial charge is 0.497 e. The molecule has 19 heavy (non-hydrogen) atoms. The molecule has 0 aliphatic carbocycles. The Morgan fingerprint density at radius 1 is 1.58 bits per heavy atom. The Balaban J connectivity index is 2.75. The molecule has 0 saturated carbocycles. The molecule has 1 amide bonds. The molecule has 0 aromatic heterocycles. The van der Waals surface area contributed by atoms with Crippen molar-refractivity contribution in [2.24, 2.45) is 5.73 Å². The molecule has 3 N–H and O–H groups in total. The van der Waals surface area contributed by atoms with Crippen LogP contribution in [-0.2, 0) is 4.79 Å². The van der Waals surface area contributed by atoms with Crippen LogP contribution in [0.3, 0.4) is 0 Å². The van der Waals surface area contributed by atoms with E-state index in [0.29, 0.717) is 11.5 Å². The number of nitrogens with one attached hydrogen (secondary N) is 1. The highest BCUT2D eigenvalue weighted by Crippen LogP contribution is 2.28. The minimum atomic E-state index is -0.361. The van der Waals surface area contributed by atoms with E-state index in [2.05, 4.69) is 5.32 Å². The van der Waals surface area contributed by atoms with E-state index in [1.54, 1.807) is 25.3 Å². The Hall–Kier alpha value is -2.26. The van der Waals surface area contributed by atoms with E-state index in [0.717, 1.165) is 5.56 Å². The van der Waals surface area contributed by atoms with Gasteiger partial charge in [-0.1, -0.05) is 6.07 Å². The zero-order valence-corrected chi connectivity index (χ0v) is 11.0. The van der Waals surface area contributed by atoms with Crippen molar-refractivity contribution in [1.82, 2.24) is 5.32 Å². The summed E-state index contributed by atoms with van der Waals surface area (Å²) >= 11 is 0. The van der Waals surface area contributed by atoms with Crippen molar-refractivity contribution in [3.63, 3.8) is 0 Å². The zero-order valence-electron chi connectivity index (χ0n) is 11.0. The number of nitriles is 1. The van der Waals surface area contributed by atoms with Gasteiger partial charge in [-0.05, 0) is 13.0 Å². The second-order valence-electron chi connectivity index (χ2n) is 3.92. The number of carbonyl (C=O) groups excluding carboxylic acids is 1. The Labute approximate surface area is 112 Å². The van der Waals surface area contributed by atoms with Crippen molar-refractivity contribution < 1.29 is 14.3 Å². The van der Waals surface area contributed by atoms with Crippen LogP contribution in [0.5, 0.6) is 11.5 Å². The average molecular weight is 263 g/mol. The standard InChI is InChI=1S/C13H17N3O3/c1-9(15)11-4-3-10(18-2)7-12(11)19-8-13(17)16-6-5-14/h3-4,7,9H,6,8,15H2,1-2H3,(H,16,17)/t9-/m1/s1. The van der Waals surface area contributed by atoms with E-state index in [9.17, 15) is 4.79 Å². The molecule has 6 nitrogen and oxygen atoms in total. The maximum Gasteiger partial charge on any atom is 0.258 e. The third kappa shape index (κ3) is 4.48. The summed E-state index contributed by atoms with van der Waals surface area (Å²) in [4.78, 5) is 11.4. The number of nitrogens with zero attached hydrogens (tertiary/aromatic N) is 1. The molecule has 1 atom stereocenters. The lowest BCUT2D eigenvalue weighted by Gasteiger charge is -2.14. The fourth-order valence-electron chi connectivity index (χ4n) is 1.48. The summed E-state index contributed by atoms with van der Waals surface area (Å²) in [7, 11) is 1.55. The molecule has 0 aliphatic rings. The van der Waals surface area contributed by atoms with Gasteiger partial charge in [0.1, 0.15) is 18.0 Å². The smallest absolute Gasteiger partial charge is 0.258 e. The lowest BCUT2D eigenvalue weighted by molar-refractivity contribution is -0.122. The number of hydrogen-bond acceptors (Lipinski definition) is 5. The van der Waals surface area contributed by atoms with E-state index >= 15 is 0 Å². The van der Waals surface area contributed by atoms with E-state index in [1.807, 2.05) is 13.0 Å². The van der Waals surface area contributed by atoms with E-state index < -0.39 is 0 Å². The van der Waals surface area contributed by atoms with Crippen molar-refractivity contribution in [3.05, 3.63) is 23.8 Å². The molecular formula is C13H17N3O3. The highest BCUT2D eigenvalue weighted by Gasteiger charge is 2.11. The molecule has 0 radical (unpaired) electrons. The molecule has 1 rings (SSSR count). The predicted molar refractivity (Wildman–Crippen MR) is 69.7 cm³/mol. The zero-order chi connectivity index (χ0) is 14.3. The van der Waals surface area contributed by atoms with Crippen LogP contribution in [0.15, 0.2) is 18.2 Å². The van der Waals surface area contributed by atoms with Crippen LogP contribution < -0.4 is 20.5 Å².